The van der Waals surface area contributed by atoms with Crippen molar-refractivity contribution >= 4 is 52.1 Å². The van der Waals surface area contributed by atoms with Gasteiger partial charge in [0.05, 0.1) is 37.9 Å². The Bertz CT molecular complexity index is 1430. The molecular formula is C29H30ClN7O3. The van der Waals surface area contributed by atoms with Crippen molar-refractivity contribution in [1.82, 2.24) is 15.3 Å². The Morgan fingerprint density at radius 2 is 1.70 bits per heavy atom. The zero-order valence-electron chi connectivity index (χ0n) is 22.0. The Labute approximate surface area is 237 Å². The Balaban J connectivity index is 1.22. The molecule has 1 aliphatic rings. The van der Waals surface area contributed by atoms with Crippen molar-refractivity contribution in [2.75, 3.05) is 54.3 Å². The van der Waals surface area contributed by atoms with Gasteiger partial charge < -0.3 is 35.6 Å². The van der Waals surface area contributed by atoms with E-state index in [1.54, 1.807) is 13.2 Å². The summed E-state index contributed by atoms with van der Waals surface area (Å²) in [4.78, 5) is 23.8. The molecule has 0 spiro atoms. The van der Waals surface area contributed by atoms with Crippen LogP contribution < -0.4 is 30.9 Å². The van der Waals surface area contributed by atoms with E-state index >= 15 is 0 Å². The maximum Gasteiger partial charge on any atom is 0.319 e. The fraction of sp³-hybridized carbons (Fsp3) is 0.207. The molecule has 0 saturated carbocycles. The summed E-state index contributed by atoms with van der Waals surface area (Å²) in [5.41, 5.74) is 4.14. The van der Waals surface area contributed by atoms with Gasteiger partial charge in [0.25, 0.3) is 0 Å². The van der Waals surface area contributed by atoms with Crippen molar-refractivity contribution in [2.24, 2.45) is 0 Å². The van der Waals surface area contributed by atoms with E-state index in [1.165, 1.54) is 6.20 Å². The van der Waals surface area contributed by atoms with Crippen LogP contribution in [0.3, 0.4) is 0 Å². The number of ether oxygens (including phenoxy) is 2. The number of para-hydroxylation sites is 2. The summed E-state index contributed by atoms with van der Waals surface area (Å²) < 4.78 is 10.6. The van der Waals surface area contributed by atoms with Gasteiger partial charge in [0.2, 0.25) is 5.95 Å². The van der Waals surface area contributed by atoms with Crippen LogP contribution in [-0.2, 0) is 11.3 Å². The number of urea groups is 1. The van der Waals surface area contributed by atoms with Crippen molar-refractivity contribution in [1.29, 1.82) is 0 Å². The molecule has 2 amide bonds. The van der Waals surface area contributed by atoms with Gasteiger partial charge in [-0.1, -0.05) is 35.9 Å². The normalized spacial score (nSPS) is 12.9. The monoisotopic (exact) mass is 559 g/mol. The van der Waals surface area contributed by atoms with Crippen LogP contribution in [0.5, 0.6) is 5.75 Å². The van der Waals surface area contributed by atoms with Crippen molar-refractivity contribution in [3.05, 3.63) is 89.6 Å². The van der Waals surface area contributed by atoms with E-state index in [0.717, 1.165) is 49.0 Å². The Morgan fingerprint density at radius 3 is 2.42 bits per heavy atom. The maximum atomic E-state index is 12.6. The number of hydrogen-bond donors (Lipinski definition) is 4. The zero-order chi connectivity index (χ0) is 27.7. The van der Waals surface area contributed by atoms with Gasteiger partial charge in [-0.25, -0.2) is 9.78 Å². The first kappa shape index (κ1) is 27.0. The number of nitrogens with one attached hydrogen (secondary N) is 4. The number of aromatic nitrogens is 2. The van der Waals surface area contributed by atoms with Crippen LogP contribution >= 0.6 is 11.6 Å². The van der Waals surface area contributed by atoms with Crippen LogP contribution in [0.2, 0.25) is 5.02 Å². The average molecular weight is 560 g/mol. The molecule has 206 valence electrons. The van der Waals surface area contributed by atoms with Crippen LogP contribution in [0.1, 0.15) is 5.56 Å². The Hall–Kier alpha value is -4.54. The lowest BCUT2D eigenvalue weighted by molar-refractivity contribution is 0.122. The average Bonchev–Trinajstić information content (AvgIpc) is 3.00. The number of nitrogens with zero attached hydrogens (tertiary/aromatic N) is 3. The van der Waals surface area contributed by atoms with Gasteiger partial charge in [-0.15, -0.1) is 0 Å². The van der Waals surface area contributed by atoms with Crippen molar-refractivity contribution in [2.45, 2.75) is 6.54 Å². The van der Waals surface area contributed by atoms with Gasteiger partial charge in [0, 0.05) is 31.0 Å². The minimum atomic E-state index is -0.346. The number of benzene rings is 3. The molecule has 0 radical (unpaired) electrons. The standard InChI is InChI=1S/C29H30ClN7O3/c1-39-23-12-6-20(7-13-23)18-32-29(38)35-26-5-3-2-4-25(26)34-27-24(30)19-31-28(36-27)33-21-8-10-22(11-9-21)37-14-16-40-17-15-37/h2-13,19H,14-18H2,1H3,(H2,32,35,38)(H2,31,33,34,36). The highest BCUT2D eigenvalue weighted by Crippen LogP contribution is 2.29. The fourth-order valence-electron chi connectivity index (χ4n) is 4.14. The number of carbonyl (C=O) groups excluding carboxylic acids is 1. The lowest BCUT2D eigenvalue weighted by Crippen LogP contribution is -2.36. The first-order chi connectivity index (χ1) is 19.6. The van der Waals surface area contributed by atoms with E-state index in [9.17, 15) is 4.79 Å². The van der Waals surface area contributed by atoms with Crippen LogP contribution in [0.4, 0.5) is 39.3 Å². The van der Waals surface area contributed by atoms with E-state index in [1.807, 2.05) is 54.6 Å². The summed E-state index contributed by atoms with van der Waals surface area (Å²) in [7, 11) is 1.61. The number of carbonyl (C=O) groups is 1. The molecule has 4 N–H and O–H groups in total. The topological polar surface area (TPSA) is 113 Å². The molecule has 0 unspecified atom stereocenters. The third-order valence-corrected chi connectivity index (χ3v) is 6.56. The summed E-state index contributed by atoms with van der Waals surface area (Å²) in [5.74, 6) is 1.54. The second kappa shape index (κ2) is 13.0. The van der Waals surface area contributed by atoms with Crippen LogP contribution in [0.15, 0.2) is 79.0 Å². The molecule has 11 heteroatoms. The molecule has 1 saturated heterocycles. The van der Waals surface area contributed by atoms with Gasteiger partial charge >= 0.3 is 6.03 Å². The predicted octanol–water partition coefficient (Wildman–Crippen LogP) is 5.78. The van der Waals surface area contributed by atoms with Crippen molar-refractivity contribution in [3.8, 4) is 5.75 Å². The van der Waals surface area contributed by atoms with Crippen LogP contribution in [-0.4, -0.2) is 49.4 Å². The fourth-order valence-corrected chi connectivity index (χ4v) is 4.28. The van der Waals surface area contributed by atoms with E-state index in [-0.39, 0.29) is 6.03 Å². The number of amides is 2. The largest absolute Gasteiger partial charge is 0.497 e. The molecule has 1 aromatic heterocycles. The van der Waals surface area contributed by atoms with Gasteiger partial charge in [0.15, 0.2) is 5.82 Å². The second-order valence-corrected chi connectivity index (χ2v) is 9.39. The highest BCUT2D eigenvalue weighted by molar-refractivity contribution is 6.33. The smallest absolute Gasteiger partial charge is 0.319 e. The number of hydrogen-bond acceptors (Lipinski definition) is 8. The van der Waals surface area contributed by atoms with E-state index in [4.69, 9.17) is 21.1 Å². The van der Waals surface area contributed by atoms with E-state index in [0.29, 0.717) is 34.7 Å². The summed E-state index contributed by atoms with van der Waals surface area (Å²) in [6.07, 6.45) is 1.53. The van der Waals surface area contributed by atoms with Gasteiger partial charge in [0.1, 0.15) is 10.8 Å². The van der Waals surface area contributed by atoms with Crippen molar-refractivity contribution in [3.63, 3.8) is 0 Å². The van der Waals surface area contributed by atoms with Crippen LogP contribution in [0.25, 0.3) is 0 Å². The molecule has 1 fully saturated rings. The molecule has 40 heavy (non-hydrogen) atoms. The summed E-state index contributed by atoms with van der Waals surface area (Å²) in [5, 5.41) is 12.5. The summed E-state index contributed by atoms with van der Waals surface area (Å²) >= 11 is 6.41. The Morgan fingerprint density at radius 1 is 0.975 bits per heavy atom. The molecule has 4 aromatic rings. The minimum Gasteiger partial charge on any atom is -0.497 e. The molecule has 0 aliphatic carbocycles. The molecule has 0 bridgehead atoms. The SMILES string of the molecule is COc1ccc(CNC(=O)Nc2ccccc2Nc2nc(Nc3ccc(N4CCOCC4)cc3)ncc2Cl)cc1. The third-order valence-electron chi connectivity index (χ3n) is 6.28. The lowest BCUT2D eigenvalue weighted by Gasteiger charge is -2.28. The number of methoxy groups -OCH3 is 1. The van der Waals surface area contributed by atoms with Crippen LogP contribution in [0, 0.1) is 0 Å². The number of anilines is 6. The van der Waals surface area contributed by atoms with Gasteiger partial charge in [-0.3, -0.25) is 0 Å². The zero-order valence-corrected chi connectivity index (χ0v) is 22.7. The molecule has 10 nitrogen and oxygen atoms in total. The highest BCUT2D eigenvalue weighted by Gasteiger charge is 2.13. The first-order valence-corrected chi connectivity index (χ1v) is 13.2. The molecule has 2 heterocycles. The molecule has 0 atom stereocenters. The van der Waals surface area contributed by atoms with Gasteiger partial charge in [-0.2, -0.15) is 4.98 Å². The summed E-state index contributed by atoms with van der Waals surface area (Å²) in [6, 6.07) is 22.6. The number of halogens is 1. The van der Waals surface area contributed by atoms with E-state index in [2.05, 4.69) is 48.3 Å². The highest BCUT2D eigenvalue weighted by atomic mass is 35.5. The number of rotatable bonds is 9. The third kappa shape index (κ3) is 7.10. The quantitative estimate of drug-likeness (QED) is 0.204. The number of morpholine rings is 1. The minimum absolute atomic E-state index is 0.340. The lowest BCUT2D eigenvalue weighted by atomic mass is 10.2. The van der Waals surface area contributed by atoms with Gasteiger partial charge in [-0.05, 0) is 54.1 Å². The second-order valence-electron chi connectivity index (χ2n) is 8.99. The Kier molecular flexibility index (Phi) is 8.79. The molecule has 1 aliphatic heterocycles. The molecule has 3 aromatic carbocycles. The predicted molar refractivity (Wildman–Crippen MR) is 158 cm³/mol. The van der Waals surface area contributed by atoms with Crippen molar-refractivity contribution < 1.29 is 14.3 Å². The summed E-state index contributed by atoms with van der Waals surface area (Å²) in [6.45, 7) is 3.60. The molecule has 5 rings (SSSR count). The van der Waals surface area contributed by atoms with E-state index < -0.39 is 0 Å². The first-order valence-electron chi connectivity index (χ1n) is 12.8. The maximum absolute atomic E-state index is 12.6. The molecular weight excluding hydrogens is 530 g/mol.